The number of methoxy groups -OCH3 is 1. The van der Waals surface area contributed by atoms with E-state index in [-0.39, 0.29) is 5.82 Å². The summed E-state index contributed by atoms with van der Waals surface area (Å²) in [6, 6.07) is 6.40. The maximum Gasteiger partial charge on any atom is 0.228 e. The van der Waals surface area contributed by atoms with Crippen LogP contribution in [0.15, 0.2) is 39.8 Å². The summed E-state index contributed by atoms with van der Waals surface area (Å²) in [5.41, 5.74) is 0.750. The molecule has 1 aromatic carbocycles. The second kappa shape index (κ2) is 6.45. The number of aromatic nitrogens is 1. The fourth-order valence-corrected chi connectivity index (χ4v) is 2.67. The molecule has 0 amide bonds. The molecule has 0 spiro atoms. The fraction of sp³-hybridized carbons (Fsp3) is 0.0833. The van der Waals surface area contributed by atoms with E-state index in [4.69, 9.17) is 16.3 Å². The Kier molecular flexibility index (Phi) is 4.90. The van der Waals surface area contributed by atoms with Gasteiger partial charge in [-0.15, -0.1) is 0 Å². The summed E-state index contributed by atoms with van der Waals surface area (Å²) < 4.78 is 21.7. The number of ether oxygens (including phenoxy) is 1. The first kappa shape index (κ1) is 14.4. The first-order chi connectivity index (χ1) is 9.10. The van der Waals surface area contributed by atoms with Crippen molar-refractivity contribution in [2.24, 2.45) is 0 Å². The molecule has 0 saturated heterocycles. The molecule has 0 aliphatic rings. The van der Waals surface area contributed by atoms with Crippen molar-refractivity contribution in [3.63, 3.8) is 0 Å². The quantitative estimate of drug-likeness (QED) is 0.794. The lowest BCUT2D eigenvalue weighted by atomic mass is 10.3. The molecular formula is C12H9BrClFN2OS. The summed E-state index contributed by atoms with van der Waals surface area (Å²) >= 11 is 10.3. The van der Waals surface area contributed by atoms with Gasteiger partial charge in [0.25, 0.3) is 0 Å². The Morgan fingerprint density at radius 3 is 2.89 bits per heavy atom. The van der Waals surface area contributed by atoms with Gasteiger partial charge in [-0.3, -0.25) is 0 Å². The number of nitrogens with zero attached hydrogens (tertiary/aromatic N) is 1. The minimum absolute atomic E-state index is 0.308. The number of hydrogen-bond acceptors (Lipinski definition) is 4. The Morgan fingerprint density at radius 1 is 1.42 bits per heavy atom. The van der Waals surface area contributed by atoms with Crippen LogP contribution < -0.4 is 9.46 Å². The Balaban J connectivity index is 2.13. The highest BCUT2D eigenvalue weighted by atomic mass is 79.9. The van der Waals surface area contributed by atoms with Gasteiger partial charge in [-0.25, -0.2) is 9.37 Å². The zero-order chi connectivity index (χ0) is 13.8. The van der Waals surface area contributed by atoms with E-state index >= 15 is 0 Å². The number of pyridine rings is 1. The molecule has 7 heteroatoms. The molecule has 0 aliphatic heterocycles. The highest BCUT2D eigenvalue weighted by Gasteiger charge is 2.07. The summed E-state index contributed by atoms with van der Waals surface area (Å²) in [7, 11) is 1.54. The lowest BCUT2D eigenvalue weighted by molar-refractivity contribution is 0.387. The second-order valence-corrected chi connectivity index (χ2v) is 5.63. The number of nitrogens with one attached hydrogen (secondary N) is 1. The molecule has 1 aromatic heterocycles. The molecular weight excluding hydrogens is 355 g/mol. The Hall–Kier alpha value is -0.980. The van der Waals surface area contributed by atoms with Crippen LogP contribution in [-0.4, -0.2) is 12.1 Å². The van der Waals surface area contributed by atoms with E-state index in [0.29, 0.717) is 15.4 Å². The average molecular weight is 364 g/mol. The van der Waals surface area contributed by atoms with Crippen molar-refractivity contribution >= 4 is 45.2 Å². The Labute approximate surface area is 127 Å². The van der Waals surface area contributed by atoms with E-state index in [2.05, 4.69) is 25.6 Å². The molecule has 2 aromatic rings. The minimum atomic E-state index is -0.308. The number of rotatable bonds is 4. The molecule has 0 unspecified atom stereocenters. The molecule has 2 rings (SSSR count). The second-order valence-electron chi connectivity index (χ2n) is 3.49. The third-order valence-corrected chi connectivity index (χ3v) is 3.84. The van der Waals surface area contributed by atoms with Crippen molar-refractivity contribution in [1.82, 2.24) is 4.98 Å². The molecule has 0 atom stereocenters. The molecule has 3 nitrogen and oxygen atoms in total. The van der Waals surface area contributed by atoms with E-state index in [9.17, 15) is 4.39 Å². The van der Waals surface area contributed by atoms with E-state index < -0.39 is 0 Å². The largest absolute Gasteiger partial charge is 0.480 e. The summed E-state index contributed by atoms with van der Waals surface area (Å²) in [6.45, 7) is 0. The monoisotopic (exact) mass is 362 g/mol. The van der Waals surface area contributed by atoms with Gasteiger partial charge in [-0.05, 0) is 52.1 Å². The van der Waals surface area contributed by atoms with Crippen molar-refractivity contribution in [3.8, 4) is 5.88 Å². The summed E-state index contributed by atoms with van der Waals surface area (Å²) in [6.07, 6.45) is 1.51. The molecule has 1 heterocycles. The van der Waals surface area contributed by atoms with Crippen molar-refractivity contribution in [2.45, 2.75) is 4.90 Å². The highest BCUT2D eigenvalue weighted by Crippen LogP contribution is 2.31. The van der Waals surface area contributed by atoms with Crippen LogP contribution in [0.4, 0.5) is 10.1 Å². The SMILES string of the molecule is COc1ncc(Cl)cc1SNc1ccc(F)c(Br)c1. The van der Waals surface area contributed by atoms with E-state index in [1.165, 1.54) is 31.3 Å². The highest BCUT2D eigenvalue weighted by molar-refractivity contribution is 9.10. The van der Waals surface area contributed by atoms with E-state index in [1.54, 1.807) is 18.2 Å². The zero-order valence-corrected chi connectivity index (χ0v) is 12.9. The smallest absolute Gasteiger partial charge is 0.228 e. The maximum absolute atomic E-state index is 13.1. The van der Waals surface area contributed by atoms with Crippen LogP contribution in [0.1, 0.15) is 0 Å². The Morgan fingerprint density at radius 2 is 2.21 bits per heavy atom. The summed E-state index contributed by atoms with van der Waals surface area (Å²) in [5.74, 6) is 0.167. The van der Waals surface area contributed by atoms with Crippen LogP contribution in [-0.2, 0) is 0 Å². The predicted octanol–water partition coefficient (Wildman–Crippen LogP) is 4.76. The molecule has 19 heavy (non-hydrogen) atoms. The van der Waals surface area contributed by atoms with Gasteiger partial charge in [-0.1, -0.05) is 11.6 Å². The normalized spacial score (nSPS) is 10.3. The molecule has 0 saturated carbocycles. The molecule has 0 bridgehead atoms. The fourth-order valence-electron chi connectivity index (χ4n) is 1.31. The zero-order valence-electron chi connectivity index (χ0n) is 9.78. The van der Waals surface area contributed by atoms with Crippen molar-refractivity contribution in [2.75, 3.05) is 11.8 Å². The van der Waals surface area contributed by atoms with E-state index in [0.717, 1.165) is 10.6 Å². The number of benzene rings is 1. The Bertz CT molecular complexity index is 600. The third kappa shape index (κ3) is 3.75. The van der Waals surface area contributed by atoms with Gasteiger partial charge >= 0.3 is 0 Å². The van der Waals surface area contributed by atoms with Crippen LogP contribution in [0.2, 0.25) is 5.02 Å². The van der Waals surface area contributed by atoms with Crippen molar-refractivity contribution in [1.29, 1.82) is 0 Å². The van der Waals surface area contributed by atoms with Gasteiger partial charge in [0.05, 0.1) is 21.5 Å². The van der Waals surface area contributed by atoms with Crippen LogP contribution in [0, 0.1) is 5.82 Å². The molecule has 100 valence electrons. The third-order valence-electron chi connectivity index (χ3n) is 2.18. The first-order valence-corrected chi connectivity index (χ1v) is 7.16. The number of halogens is 3. The lowest BCUT2D eigenvalue weighted by Crippen LogP contribution is -1.93. The number of hydrogen-bond donors (Lipinski definition) is 1. The van der Waals surface area contributed by atoms with Gasteiger partial charge in [0.2, 0.25) is 5.88 Å². The topological polar surface area (TPSA) is 34.1 Å². The molecule has 0 aliphatic carbocycles. The van der Waals surface area contributed by atoms with Gasteiger partial charge in [0, 0.05) is 11.9 Å². The number of anilines is 1. The molecule has 1 N–H and O–H groups in total. The standard InChI is InChI=1S/C12H9BrClFN2OS/c1-18-12-11(4-7(14)6-16-12)19-17-8-2-3-10(15)9(13)5-8/h2-6,17H,1H3. The molecule has 0 fully saturated rings. The van der Waals surface area contributed by atoms with Crippen molar-refractivity contribution < 1.29 is 9.13 Å². The van der Waals surface area contributed by atoms with Crippen LogP contribution in [0.5, 0.6) is 5.88 Å². The van der Waals surface area contributed by atoms with Crippen LogP contribution in [0.3, 0.4) is 0 Å². The van der Waals surface area contributed by atoms with Gasteiger partial charge in [-0.2, -0.15) is 0 Å². The first-order valence-electron chi connectivity index (χ1n) is 5.17. The average Bonchev–Trinajstić information content (AvgIpc) is 2.40. The van der Waals surface area contributed by atoms with Crippen LogP contribution >= 0.6 is 39.5 Å². The van der Waals surface area contributed by atoms with E-state index in [1.807, 2.05) is 0 Å². The summed E-state index contributed by atoms with van der Waals surface area (Å²) in [5, 5.41) is 0.519. The maximum atomic E-state index is 13.1. The predicted molar refractivity (Wildman–Crippen MR) is 79.4 cm³/mol. The van der Waals surface area contributed by atoms with Gasteiger partial charge in [0.1, 0.15) is 5.82 Å². The van der Waals surface area contributed by atoms with Crippen molar-refractivity contribution in [3.05, 3.63) is 45.8 Å². The van der Waals surface area contributed by atoms with Gasteiger partial charge in [0.15, 0.2) is 0 Å². The summed E-state index contributed by atoms with van der Waals surface area (Å²) in [4.78, 5) is 4.80. The lowest BCUT2D eigenvalue weighted by Gasteiger charge is -2.09. The van der Waals surface area contributed by atoms with Gasteiger partial charge < -0.3 is 9.46 Å². The van der Waals surface area contributed by atoms with Crippen LogP contribution in [0.25, 0.3) is 0 Å². The minimum Gasteiger partial charge on any atom is -0.480 e. The molecule has 0 radical (unpaired) electrons.